The summed E-state index contributed by atoms with van der Waals surface area (Å²) in [5.74, 6) is 0.408. The fourth-order valence-electron chi connectivity index (χ4n) is 1.67. The third-order valence-corrected chi connectivity index (χ3v) is 2.92. The van der Waals surface area contributed by atoms with Gasteiger partial charge in [0, 0.05) is 17.9 Å². The third-order valence-electron chi connectivity index (χ3n) is 2.92. The van der Waals surface area contributed by atoms with Crippen molar-refractivity contribution in [1.82, 2.24) is 15.5 Å². The number of nitrogens with one attached hydrogen (secondary N) is 3. The number of rotatable bonds is 4. The maximum absolute atomic E-state index is 11.8. The Hall–Kier alpha value is -2.47. The Labute approximate surface area is 117 Å². The van der Waals surface area contributed by atoms with Gasteiger partial charge in [-0.3, -0.25) is 5.32 Å². The Kier molecular flexibility index (Phi) is 4.62. The lowest BCUT2D eigenvalue weighted by atomic mass is 10.1. The summed E-state index contributed by atoms with van der Waals surface area (Å²) in [6.07, 6.45) is 1.55. The van der Waals surface area contributed by atoms with Crippen molar-refractivity contribution < 1.29 is 4.79 Å². The molecule has 1 aromatic carbocycles. The highest BCUT2D eigenvalue weighted by atomic mass is 16.2. The van der Waals surface area contributed by atoms with E-state index >= 15 is 0 Å². The van der Waals surface area contributed by atoms with Crippen LogP contribution in [0.5, 0.6) is 0 Å². The number of hydrogen-bond acceptors (Lipinski definition) is 4. The molecule has 20 heavy (non-hydrogen) atoms. The average molecular weight is 271 g/mol. The van der Waals surface area contributed by atoms with Crippen LogP contribution in [-0.4, -0.2) is 23.3 Å². The number of hydrogen-bond donors (Lipinski definition) is 3. The van der Waals surface area contributed by atoms with Gasteiger partial charge in [0.1, 0.15) is 0 Å². The molecule has 2 amide bonds. The highest BCUT2D eigenvalue weighted by Crippen LogP contribution is 2.15. The minimum atomic E-state index is -0.347. The molecule has 2 rings (SSSR count). The number of urea groups is 1. The molecule has 2 aromatic rings. The van der Waals surface area contributed by atoms with E-state index in [-0.39, 0.29) is 12.1 Å². The molecule has 104 valence electrons. The second-order valence-corrected chi connectivity index (χ2v) is 4.32. The molecule has 1 aromatic heterocycles. The molecule has 0 saturated heterocycles. The Morgan fingerprint density at radius 2 is 1.90 bits per heavy atom. The van der Waals surface area contributed by atoms with Crippen molar-refractivity contribution in [3.63, 3.8) is 0 Å². The van der Waals surface area contributed by atoms with E-state index in [1.54, 1.807) is 18.3 Å². The zero-order valence-electron chi connectivity index (χ0n) is 11.4. The molecule has 1 heterocycles. The highest BCUT2D eigenvalue weighted by Gasteiger charge is 2.05. The van der Waals surface area contributed by atoms with Gasteiger partial charge < -0.3 is 10.6 Å². The topological polar surface area (TPSA) is 78.9 Å². The van der Waals surface area contributed by atoms with Crippen LogP contribution in [0.2, 0.25) is 0 Å². The predicted molar refractivity (Wildman–Crippen MR) is 78.6 cm³/mol. The minimum absolute atomic E-state index is 0.275. The van der Waals surface area contributed by atoms with Gasteiger partial charge in [-0.05, 0) is 43.8 Å². The maximum Gasteiger partial charge on any atom is 0.324 e. The van der Waals surface area contributed by atoms with Gasteiger partial charge in [-0.15, -0.1) is 5.10 Å². The molecule has 6 nitrogen and oxygen atoms in total. The van der Waals surface area contributed by atoms with Crippen molar-refractivity contribution in [3.05, 3.63) is 48.2 Å². The number of benzene rings is 1. The standard InChI is InChI=1S/C14H17N5O/c1-10(15-2)11-5-7-12(8-6-11)17-14(20)18-13-4-3-9-16-19-13/h3-10,15H,1-2H3,(H2,17,18,19,20). The molecule has 0 aliphatic carbocycles. The van der Waals surface area contributed by atoms with Gasteiger partial charge in [0.05, 0.1) is 0 Å². The normalized spacial score (nSPS) is 11.7. The molecule has 3 N–H and O–H groups in total. The quantitative estimate of drug-likeness (QED) is 0.797. The monoisotopic (exact) mass is 271 g/mol. The molecular formula is C14H17N5O. The van der Waals surface area contributed by atoms with E-state index in [9.17, 15) is 4.79 Å². The molecule has 6 heteroatoms. The maximum atomic E-state index is 11.8. The first kappa shape index (κ1) is 14.0. The largest absolute Gasteiger partial charge is 0.324 e. The first-order valence-electron chi connectivity index (χ1n) is 6.32. The van der Waals surface area contributed by atoms with Crippen LogP contribution in [-0.2, 0) is 0 Å². The number of anilines is 2. The van der Waals surface area contributed by atoms with E-state index in [1.807, 2.05) is 31.3 Å². The SMILES string of the molecule is CNC(C)c1ccc(NC(=O)Nc2cccnn2)cc1. The molecule has 0 bridgehead atoms. The summed E-state index contributed by atoms with van der Waals surface area (Å²) in [4.78, 5) is 11.8. The summed E-state index contributed by atoms with van der Waals surface area (Å²) in [5, 5.41) is 16.0. The molecule has 1 unspecified atom stereocenters. The summed E-state index contributed by atoms with van der Waals surface area (Å²) >= 11 is 0. The third kappa shape index (κ3) is 3.76. The van der Waals surface area contributed by atoms with Gasteiger partial charge in [-0.1, -0.05) is 12.1 Å². The Morgan fingerprint density at radius 3 is 2.50 bits per heavy atom. The van der Waals surface area contributed by atoms with Gasteiger partial charge in [0.25, 0.3) is 0 Å². The van der Waals surface area contributed by atoms with E-state index in [2.05, 4.69) is 33.1 Å². The van der Waals surface area contributed by atoms with E-state index in [0.717, 1.165) is 11.3 Å². The first-order chi connectivity index (χ1) is 9.69. The summed E-state index contributed by atoms with van der Waals surface area (Å²) in [6, 6.07) is 11.0. The van der Waals surface area contributed by atoms with Crippen LogP contribution in [0, 0.1) is 0 Å². The van der Waals surface area contributed by atoms with Crippen LogP contribution in [0.1, 0.15) is 18.5 Å². The van der Waals surface area contributed by atoms with Gasteiger partial charge in [0.15, 0.2) is 5.82 Å². The van der Waals surface area contributed by atoms with Crippen molar-refractivity contribution in [2.24, 2.45) is 0 Å². The van der Waals surface area contributed by atoms with Crippen LogP contribution in [0.3, 0.4) is 0 Å². The van der Waals surface area contributed by atoms with Crippen LogP contribution in [0.25, 0.3) is 0 Å². The van der Waals surface area contributed by atoms with Crippen LogP contribution >= 0.6 is 0 Å². The summed E-state index contributed by atoms with van der Waals surface area (Å²) in [6.45, 7) is 2.07. The number of carbonyl (C=O) groups excluding carboxylic acids is 1. The van der Waals surface area contributed by atoms with Crippen molar-refractivity contribution in [1.29, 1.82) is 0 Å². The lowest BCUT2D eigenvalue weighted by Gasteiger charge is -2.11. The second-order valence-electron chi connectivity index (χ2n) is 4.32. The molecule has 0 saturated carbocycles. The summed E-state index contributed by atoms with van der Waals surface area (Å²) < 4.78 is 0. The Balaban J connectivity index is 1.94. The first-order valence-corrected chi connectivity index (χ1v) is 6.32. The number of amides is 2. The van der Waals surface area contributed by atoms with E-state index in [1.165, 1.54) is 0 Å². The van der Waals surface area contributed by atoms with E-state index in [0.29, 0.717) is 5.82 Å². The lowest BCUT2D eigenvalue weighted by molar-refractivity contribution is 0.262. The smallest absolute Gasteiger partial charge is 0.313 e. The van der Waals surface area contributed by atoms with E-state index in [4.69, 9.17) is 0 Å². The lowest BCUT2D eigenvalue weighted by Crippen LogP contribution is -2.20. The van der Waals surface area contributed by atoms with Gasteiger partial charge in [0.2, 0.25) is 0 Å². The number of aromatic nitrogens is 2. The highest BCUT2D eigenvalue weighted by molar-refractivity contribution is 5.99. The van der Waals surface area contributed by atoms with Crippen molar-refractivity contribution in [2.75, 3.05) is 17.7 Å². The fourth-order valence-corrected chi connectivity index (χ4v) is 1.67. The van der Waals surface area contributed by atoms with Crippen LogP contribution in [0.15, 0.2) is 42.6 Å². The van der Waals surface area contributed by atoms with Crippen molar-refractivity contribution in [2.45, 2.75) is 13.0 Å². The predicted octanol–water partition coefficient (Wildman–Crippen LogP) is 2.40. The summed E-state index contributed by atoms with van der Waals surface area (Å²) in [7, 11) is 1.91. The fraction of sp³-hybridized carbons (Fsp3) is 0.214. The van der Waals surface area contributed by atoms with Crippen LogP contribution < -0.4 is 16.0 Å². The number of nitrogens with zero attached hydrogens (tertiary/aromatic N) is 2. The van der Waals surface area contributed by atoms with Gasteiger partial charge in [-0.25, -0.2) is 4.79 Å². The van der Waals surface area contributed by atoms with Crippen molar-refractivity contribution >= 4 is 17.5 Å². The second kappa shape index (κ2) is 6.63. The molecule has 0 fully saturated rings. The van der Waals surface area contributed by atoms with Crippen molar-refractivity contribution in [3.8, 4) is 0 Å². The minimum Gasteiger partial charge on any atom is -0.313 e. The van der Waals surface area contributed by atoms with Gasteiger partial charge in [-0.2, -0.15) is 5.10 Å². The molecule has 1 atom stereocenters. The Morgan fingerprint density at radius 1 is 1.15 bits per heavy atom. The number of carbonyl (C=O) groups is 1. The zero-order chi connectivity index (χ0) is 14.4. The average Bonchev–Trinajstić information content (AvgIpc) is 2.48. The molecule has 0 radical (unpaired) electrons. The molecular weight excluding hydrogens is 254 g/mol. The molecule has 0 spiro atoms. The van der Waals surface area contributed by atoms with E-state index < -0.39 is 0 Å². The molecule has 0 aliphatic rings. The summed E-state index contributed by atoms with van der Waals surface area (Å²) in [5.41, 5.74) is 1.88. The molecule has 0 aliphatic heterocycles. The Bertz CT molecular complexity index is 556. The van der Waals surface area contributed by atoms with Gasteiger partial charge >= 0.3 is 6.03 Å². The van der Waals surface area contributed by atoms with Crippen LogP contribution in [0.4, 0.5) is 16.3 Å². The zero-order valence-corrected chi connectivity index (χ0v) is 11.4.